The van der Waals surface area contributed by atoms with Crippen LogP contribution in [0.3, 0.4) is 0 Å². The van der Waals surface area contributed by atoms with Gasteiger partial charge in [0.05, 0.1) is 5.38 Å². The van der Waals surface area contributed by atoms with Crippen molar-refractivity contribution in [3.63, 3.8) is 0 Å². The third-order valence-electron chi connectivity index (χ3n) is 3.30. The molecule has 0 aromatic carbocycles. The smallest absolute Gasteiger partial charge is 0.0671 e. The second-order valence-corrected chi connectivity index (χ2v) is 4.48. The molecule has 2 aliphatic carbocycles. The van der Waals surface area contributed by atoms with Gasteiger partial charge in [-0.3, -0.25) is 0 Å². The zero-order chi connectivity index (χ0) is 7.68. The molecule has 2 aliphatic rings. The molecule has 2 unspecified atom stereocenters. The fraction of sp³-hybridized carbons (Fsp3) is 0.900. The summed E-state index contributed by atoms with van der Waals surface area (Å²) in [7, 11) is 0. The number of hydrogen-bond donors (Lipinski definition) is 0. The van der Waals surface area contributed by atoms with Crippen LogP contribution in [0.1, 0.15) is 44.9 Å². The van der Waals surface area contributed by atoms with Crippen molar-refractivity contribution in [3.8, 4) is 0 Å². The van der Waals surface area contributed by atoms with Crippen molar-refractivity contribution in [2.45, 2.75) is 44.9 Å². The van der Waals surface area contributed by atoms with Gasteiger partial charge in [0, 0.05) is 0 Å². The van der Waals surface area contributed by atoms with Crippen LogP contribution in [0, 0.1) is 17.2 Å². The van der Waals surface area contributed by atoms with Gasteiger partial charge in [-0.2, -0.15) is 0 Å². The molecule has 0 aromatic heterocycles. The molecular weight excluding hydrogens is 156 g/mol. The first-order chi connectivity index (χ1) is 5.38. The molecule has 0 aromatic rings. The van der Waals surface area contributed by atoms with Gasteiger partial charge in [-0.15, -0.1) is 11.6 Å². The summed E-state index contributed by atoms with van der Waals surface area (Å²) in [6.45, 7) is 0. The highest BCUT2D eigenvalue weighted by Gasteiger charge is 2.33. The van der Waals surface area contributed by atoms with E-state index in [1.165, 1.54) is 50.3 Å². The van der Waals surface area contributed by atoms with Gasteiger partial charge in [-0.1, -0.05) is 32.1 Å². The van der Waals surface area contributed by atoms with E-state index in [2.05, 4.69) is 0 Å². The molecular formula is C10H16Cl. The maximum Gasteiger partial charge on any atom is 0.0671 e. The van der Waals surface area contributed by atoms with Gasteiger partial charge in [0.25, 0.3) is 0 Å². The molecule has 0 bridgehead atoms. The molecule has 63 valence electrons. The second kappa shape index (κ2) is 3.35. The number of fused-ring (bicyclic) bond motifs is 1. The summed E-state index contributed by atoms with van der Waals surface area (Å²) in [6, 6.07) is 0. The van der Waals surface area contributed by atoms with Gasteiger partial charge in [0.15, 0.2) is 0 Å². The zero-order valence-electron chi connectivity index (χ0n) is 6.98. The number of rotatable bonds is 0. The summed E-state index contributed by atoms with van der Waals surface area (Å²) in [5.41, 5.74) is 0. The Kier molecular flexibility index (Phi) is 2.41. The summed E-state index contributed by atoms with van der Waals surface area (Å²) >= 11 is 6.21. The van der Waals surface area contributed by atoms with E-state index >= 15 is 0 Å². The van der Waals surface area contributed by atoms with E-state index in [4.69, 9.17) is 11.6 Å². The average Bonchev–Trinajstić information content (AvgIpc) is 2.06. The first-order valence-corrected chi connectivity index (χ1v) is 5.27. The molecule has 0 saturated heterocycles. The number of hydrogen-bond acceptors (Lipinski definition) is 0. The average molecular weight is 172 g/mol. The monoisotopic (exact) mass is 171 g/mol. The Bertz CT molecular complexity index is 131. The Hall–Kier alpha value is 0.290. The van der Waals surface area contributed by atoms with E-state index in [0.29, 0.717) is 0 Å². The van der Waals surface area contributed by atoms with E-state index in [1.54, 1.807) is 0 Å². The molecule has 2 saturated carbocycles. The molecule has 2 rings (SSSR count). The van der Waals surface area contributed by atoms with Crippen molar-refractivity contribution >= 4 is 11.6 Å². The van der Waals surface area contributed by atoms with Crippen molar-refractivity contribution in [1.82, 2.24) is 0 Å². The van der Waals surface area contributed by atoms with Crippen molar-refractivity contribution in [2.24, 2.45) is 11.8 Å². The van der Waals surface area contributed by atoms with Gasteiger partial charge in [0.1, 0.15) is 0 Å². The molecule has 11 heavy (non-hydrogen) atoms. The molecule has 2 atom stereocenters. The van der Waals surface area contributed by atoms with Crippen LogP contribution in [0.4, 0.5) is 0 Å². The van der Waals surface area contributed by atoms with Gasteiger partial charge < -0.3 is 0 Å². The lowest BCUT2D eigenvalue weighted by Crippen LogP contribution is -2.26. The minimum absolute atomic E-state index is 0.805. The van der Waals surface area contributed by atoms with Crippen LogP contribution in [0.25, 0.3) is 0 Å². The van der Waals surface area contributed by atoms with Crippen LogP contribution < -0.4 is 0 Å². The third-order valence-corrected chi connectivity index (χ3v) is 3.77. The minimum atomic E-state index is 0.805. The van der Waals surface area contributed by atoms with Crippen LogP contribution in [0.2, 0.25) is 0 Å². The largest absolute Gasteiger partial charge is 0.117 e. The first-order valence-electron chi connectivity index (χ1n) is 4.89. The SMILES string of the molecule is Cl[C]1CCCC2CCCCC12. The number of halogens is 1. The molecule has 0 spiro atoms. The molecule has 1 heteroatoms. The van der Waals surface area contributed by atoms with Crippen molar-refractivity contribution in [1.29, 1.82) is 0 Å². The summed E-state index contributed by atoms with van der Waals surface area (Å²) in [6.07, 6.45) is 9.68. The highest BCUT2D eigenvalue weighted by Crippen LogP contribution is 2.46. The maximum atomic E-state index is 6.21. The lowest BCUT2D eigenvalue weighted by molar-refractivity contribution is 0.210. The zero-order valence-corrected chi connectivity index (χ0v) is 7.74. The quantitative estimate of drug-likeness (QED) is 0.521. The predicted octanol–water partition coefficient (Wildman–Crippen LogP) is 3.75. The van der Waals surface area contributed by atoms with Crippen LogP contribution in [0.15, 0.2) is 0 Å². The molecule has 2 fully saturated rings. The fourth-order valence-electron chi connectivity index (χ4n) is 2.68. The first kappa shape index (κ1) is 7.91. The molecule has 0 N–H and O–H groups in total. The highest BCUT2D eigenvalue weighted by atomic mass is 35.5. The summed E-state index contributed by atoms with van der Waals surface area (Å²) in [5.74, 6) is 1.77. The molecule has 0 nitrogen and oxygen atoms in total. The minimum Gasteiger partial charge on any atom is -0.117 e. The Morgan fingerprint density at radius 3 is 2.55 bits per heavy atom. The van der Waals surface area contributed by atoms with Crippen molar-refractivity contribution < 1.29 is 0 Å². The van der Waals surface area contributed by atoms with Gasteiger partial charge in [0.2, 0.25) is 0 Å². The van der Waals surface area contributed by atoms with E-state index in [9.17, 15) is 0 Å². The van der Waals surface area contributed by atoms with Gasteiger partial charge >= 0.3 is 0 Å². The van der Waals surface area contributed by atoms with Crippen LogP contribution in [-0.4, -0.2) is 0 Å². The molecule has 0 aliphatic heterocycles. The molecule has 0 heterocycles. The normalized spacial score (nSPS) is 40.1. The van der Waals surface area contributed by atoms with E-state index < -0.39 is 0 Å². The van der Waals surface area contributed by atoms with E-state index in [1.807, 2.05) is 0 Å². The topological polar surface area (TPSA) is 0 Å². The Balaban J connectivity index is 1.99. The second-order valence-electron chi connectivity index (χ2n) is 3.99. The van der Waals surface area contributed by atoms with Gasteiger partial charge in [-0.25, -0.2) is 0 Å². The maximum absolute atomic E-state index is 6.21. The van der Waals surface area contributed by atoms with Crippen molar-refractivity contribution in [2.75, 3.05) is 0 Å². The Morgan fingerprint density at radius 2 is 1.73 bits per heavy atom. The Morgan fingerprint density at radius 1 is 1.00 bits per heavy atom. The van der Waals surface area contributed by atoms with Crippen LogP contribution in [0.5, 0.6) is 0 Å². The highest BCUT2D eigenvalue weighted by molar-refractivity contribution is 6.27. The standard InChI is InChI=1S/C10H16Cl/c11-10-7-3-5-8-4-1-2-6-9(8)10/h8-9H,1-7H2. The van der Waals surface area contributed by atoms with Crippen LogP contribution in [-0.2, 0) is 0 Å². The van der Waals surface area contributed by atoms with E-state index in [-0.39, 0.29) is 0 Å². The summed E-state index contributed by atoms with van der Waals surface area (Å²) in [4.78, 5) is 0. The predicted molar refractivity (Wildman–Crippen MR) is 48.4 cm³/mol. The van der Waals surface area contributed by atoms with Gasteiger partial charge in [-0.05, 0) is 24.7 Å². The third kappa shape index (κ3) is 1.56. The summed E-state index contributed by atoms with van der Waals surface area (Å²) < 4.78 is 0. The van der Waals surface area contributed by atoms with Crippen molar-refractivity contribution in [3.05, 3.63) is 5.38 Å². The molecule has 0 amide bonds. The lowest BCUT2D eigenvalue weighted by Gasteiger charge is -2.38. The summed E-state index contributed by atoms with van der Waals surface area (Å²) in [5, 5.41) is 1.29. The molecule has 1 radical (unpaired) electrons. The van der Waals surface area contributed by atoms with E-state index in [0.717, 1.165) is 11.8 Å². The Labute approximate surface area is 74.3 Å². The lowest BCUT2D eigenvalue weighted by atomic mass is 9.71. The van der Waals surface area contributed by atoms with Crippen LogP contribution >= 0.6 is 11.6 Å². The fourth-order valence-corrected chi connectivity index (χ4v) is 3.10.